The van der Waals surface area contributed by atoms with Gasteiger partial charge in [0.1, 0.15) is 5.82 Å². The first-order chi connectivity index (χ1) is 8.91. The van der Waals surface area contributed by atoms with E-state index in [0.29, 0.717) is 23.1 Å². The number of amides is 2. The molecule has 1 aromatic carbocycles. The summed E-state index contributed by atoms with van der Waals surface area (Å²) in [5.74, 6) is -1.90. The number of nitrogens with one attached hydrogen (secondary N) is 1. The highest BCUT2D eigenvalue weighted by Crippen LogP contribution is 2.34. The minimum atomic E-state index is -0.584. The molecule has 19 heavy (non-hydrogen) atoms. The number of carbonyl (C=O) groups excluding carboxylic acids is 2. The Bertz CT molecular complexity index is 583. The second kappa shape index (κ2) is 5.13. The first kappa shape index (κ1) is 13.7. The minimum absolute atomic E-state index is 0.0741. The lowest BCUT2D eigenvalue weighted by Crippen LogP contribution is -2.39. The van der Waals surface area contributed by atoms with E-state index in [1.807, 2.05) is 0 Å². The summed E-state index contributed by atoms with van der Waals surface area (Å²) < 4.78 is 14.1. The monoisotopic (exact) mass is 281 g/mol. The van der Waals surface area contributed by atoms with E-state index in [1.54, 1.807) is 19.1 Å². The van der Waals surface area contributed by atoms with Gasteiger partial charge in [-0.15, -0.1) is 0 Å². The Kier molecular flexibility index (Phi) is 3.71. The highest BCUT2D eigenvalue weighted by atomic mass is 35.5. The standard InChI is InChI=1S/C14H13ClFNO2/c1-7(2)8-3-4-9(12(15)13(8)16)10-5-6-11(18)17-14(10)19/h3-4,10H,1,5-6H2,2H3,(H,17,18,19). The number of allylic oxidation sites excluding steroid dienone is 1. The fourth-order valence-corrected chi connectivity index (χ4v) is 2.45. The summed E-state index contributed by atoms with van der Waals surface area (Å²) in [7, 11) is 0. The SMILES string of the molecule is C=C(C)c1ccc(C2CCC(=O)NC2=O)c(Cl)c1F. The topological polar surface area (TPSA) is 46.2 Å². The van der Waals surface area contributed by atoms with Gasteiger partial charge in [0, 0.05) is 12.0 Å². The largest absolute Gasteiger partial charge is 0.296 e. The molecule has 1 heterocycles. The molecule has 1 N–H and O–H groups in total. The summed E-state index contributed by atoms with van der Waals surface area (Å²) in [5.41, 5.74) is 1.31. The fourth-order valence-electron chi connectivity index (χ4n) is 2.15. The van der Waals surface area contributed by atoms with Gasteiger partial charge in [-0.3, -0.25) is 14.9 Å². The molecule has 1 saturated heterocycles. The van der Waals surface area contributed by atoms with Crippen molar-refractivity contribution in [2.45, 2.75) is 25.7 Å². The van der Waals surface area contributed by atoms with E-state index in [4.69, 9.17) is 11.6 Å². The van der Waals surface area contributed by atoms with Crippen LogP contribution in [0.15, 0.2) is 18.7 Å². The van der Waals surface area contributed by atoms with Crippen molar-refractivity contribution in [2.24, 2.45) is 0 Å². The third-order valence-corrected chi connectivity index (χ3v) is 3.57. The third-order valence-electron chi connectivity index (χ3n) is 3.19. The summed E-state index contributed by atoms with van der Waals surface area (Å²) in [6.45, 7) is 5.35. The summed E-state index contributed by atoms with van der Waals surface area (Å²) >= 11 is 6.00. The van der Waals surface area contributed by atoms with E-state index < -0.39 is 17.6 Å². The van der Waals surface area contributed by atoms with Gasteiger partial charge < -0.3 is 0 Å². The minimum Gasteiger partial charge on any atom is -0.296 e. The quantitative estimate of drug-likeness (QED) is 0.847. The number of hydrogen-bond acceptors (Lipinski definition) is 2. The Labute approximate surface area is 115 Å². The summed E-state index contributed by atoms with van der Waals surface area (Å²) in [6.07, 6.45) is 0.576. The molecule has 1 aliphatic heterocycles. The summed E-state index contributed by atoms with van der Waals surface area (Å²) in [4.78, 5) is 22.9. The Hall–Kier alpha value is -1.68. The Morgan fingerprint density at radius 1 is 1.47 bits per heavy atom. The zero-order valence-electron chi connectivity index (χ0n) is 10.4. The maximum absolute atomic E-state index is 14.1. The average Bonchev–Trinajstić information content (AvgIpc) is 2.33. The molecular weight excluding hydrogens is 269 g/mol. The van der Waals surface area contributed by atoms with Crippen LogP contribution in [0.25, 0.3) is 5.57 Å². The first-order valence-corrected chi connectivity index (χ1v) is 6.27. The number of hydrogen-bond donors (Lipinski definition) is 1. The molecule has 0 saturated carbocycles. The van der Waals surface area contributed by atoms with Gasteiger partial charge in [0.05, 0.1) is 10.9 Å². The van der Waals surface area contributed by atoms with Gasteiger partial charge in [0.2, 0.25) is 11.8 Å². The molecule has 0 bridgehead atoms. The Morgan fingerprint density at radius 3 is 2.74 bits per heavy atom. The molecule has 0 aromatic heterocycles. The lowest BCUT2D eigenvalue weighted by molar-refractivity contribution is -0.134. The van der Waals surface area contributed by atoms with Crippen LogP contribution in [0.1, 0.15) is 36.8 Å². The number of rotatable bonds is 2. The second-order valence-corrected chi connectivity index (χ2v) is 4.99. The van der Waals surface area contributed by atoms with Crippen molar-refractivity contribution in [2.75, 3.05) is 0 Å². The molecule has 2 rings (SSSR count). The van der Waals surface area contributed by atoms with Gasteiger partial charge in [-0.25, -0.2) is 4.39 Å². The van der Waals surface area contributed by atoms with Crippen molar-refractivity contribution >= 4 is 29.0 Å². The van der Waals surface area contributed by atoms with Gasteiger partial charge >= 0.3 is 0 Å². The molecule has 5 heteroatoms. The van der Waals surface area contributed by atoms with E-state index in [2.05, 4.69) is 11.9 Å². The maximum atomic E-state index is 14.1. The number of benzene rings is 1. The van der Waals surface area contributed by atoms with Crippen LogP contribution in [0.5, 0.6) is 0 Å². The molecule has 1 unspecified atom stereocenters. The first-order valence-electron chi connectivity index (χ1n) is 5.89. The molecule has 1 atom stereocenters. The highest BCUT2D eigenvalue weighted by molar-refractivity contribution is 6.32. The van der Waals surface area contributed by atoms with Gasteiger partial charge in [0.25, 0.3) is 0 Å². The van der Waals surface area contributed by atoms with Gasteiger partial charge in [-0.1, -0.05) is 30.3 Å². The van der Waals surface area contributed by atoms with Crippen LogP contribution in [-0.2, 0) is 9.59 Å². The van der Waals surface area contributed by atoms with E-state index in [-0.39, 0.29) is 17.4 Å². The predicted octanol–water partition coefficient (Wildman–Crippen LogP) is 3.03. The van der Waals surface area contributed by atoms with E-state index in [9.17, 15) is 14.0 Å². The van der Waals surface area contributed by atoms with Gasteiger partial charge in [-0.05, 0) is 24.5 Å². The van der Waals surface area contributed by atoms with E-state index in [1.165, 1.54) is 0 Å². The Morgan fingerprint density at radius 2 is 2.16 bits per heavy atom. The van der Waals surface area contributed by atoms with Crippen molar-refractivity contribution in [1.82, 2.24) is 5.32 Å². The van der Waals surface area contributed by atoms with Crippen LogP contribution >= 0.6 is 11.6 Å². The molecule has 2 amide bonds. The number of piperidine rings is 1. The van der Waals surface area contributed by atoms with E-state index >= 15 is 0 Å². The van der Waals surface area contributed by atoms with Gasteiger partial charge in [0.15, 0.2) is 0 Å². The molecule has 100 valence electrons. The van der Waals surface area contributed by atoms with Crippen molar-refractivity contribution < 1.29 is 14.0 Å². The molecule has 1 aliphatic rings. The molecule has 0 aliphatic carbocycles. The smallest absolute Gasteiger partial charge is 0.234 e. The third kappa shape index (κ3) is 2.54. The number of imide groups is 1. The zero-order valence-corrected chi connectivity index (χ0v) is 11.2. The molecule has 1 aromatic rings. The van der Waals surface area contributed by atoms with Crippen molar-refractivity contribution in [3.05, 3.63) is 40.7 Å². The molecule has 0 spiro atoms. The summed E-state index contributed by atoms with van der Waals surface area (Å²) in [5, 5.41) is 2.16. The van der Waals surface area contributed by atoms with Crippen LogP contribution in [0.4, 0.5) is 4.39 Å². The predicted molar refractivity (Wildman–Crippen MR) is 71.2 cm³/mol. The van der Waals surface area contributed by atoms with Crippen LogP contribution in [-0.4, -0.2) is 11.8 Å². The second-order valence-electron chi connectivity index (χ2n) is 4.61. The van der Waals surface area contributed by atoms with Crippen molar-refractivity contribution in [3.8, 4) is 0 Å². The van der Waals surface area contributed by atoms with Crippen molar-refractivity contribution in [1.29, 1.82) is 0 Å². The molecular formula is C14H13ClFNO2. The molecule has 0 radical (unpaired) electrons. The van der Waals surface area contributed by atoms with Gasteiger partial charge in [-0.2, -0.15) is 0 Å². The lowest BCUT2D eigenvalue weighted by atomic mass is 9.89. The lowest BCUT2D eigenvalue weighted by Gasteiger charge is -2.22. The van der Waals surface area contributed by atoms with Crippen molar-refractivity contribution in [3.63, 3.8) is 0 Å². The van der Waals surface area contributed by atoms with E-state index in [0.717, 1.165) is 0 Å². The van der Waals surface area contributed by atoms with Crippen LogP contribution in [0, 0.1) is 5.82 Å². The summed E-state index contributed by atoms with van der Waals surface area (Å²) in [6, 6.07) is 3.18. The molecule has 3 nitrogen and oxygen atoms in total. The zero-order chi connectivity index (χ0) is 14.2. The maximum Gasteiger partial charge on any atom is 0.234 e. The number of halogens is 2. The highest BCUT2D eigenvalue weighted by Gasteiger charge is 2.30. The van der Waals surface area contributed by atoms with Crippen LogP contribution in [0.3, 0.4) is 0 Å². The normalized spacial score (nSPS) is 19.2. The average molecular weight is 282 g/mol. The Balaban J connectivity index is 2.41. The molecule has 1 fully saturated rings. The van der Waals surface area contributed by atoms with Crippen LogP contribution < -0.4 is 5.32 Å². The number of carbonyl (C=O) groups is 2. The van der Waals surface area contributed by atoms with Crippen LogP contribution in [0.2, 0.25) is 5.02 Å². The fraction of sp³-hybridized carbons (Fsp3) is 0.286.